The van der Waals surface area contributed by atoms with Crippen molar-refractivity contribution in [2.24, 2.45) is 0 Å². The Kier molecular flexibility index (Phi) is 8.90. The summed E-state index contributed by atoms with van der Waals surface area (Å²) in [5, 5.41) is 3.15. The van der Waals surface area contributed by atoms with Crippen molar-refractivity contribution in [1.29, 1.82) is 0 Å². The van der Waals surface area contributed by atoms with Crippen LogP contribution >= 0.6 is 11.6 Å². The number of carbonyl (C=O) groups excluding carboxylic acids is 2. The minimum atomic E-state index is -0.408. The quantitative estimate of drug-likeness (QED) is 0.421. The molecule has 1 aromatic heterocycles. The van der Waals surface area contributed by atoms with Crippen LogP contribution in [-0.4, -0.2) is 88.1 Å². The van der Waals surface area contributed by atoms with E-state index in [1.54, 1.807) is 7.11 Å². The highest BCUT2D eigenvalue weighted by atomic mass is 35.5. The average Bonchev–Trinajstić information content (AvgIpc) is 2.73. The van der Waals surface area contributed by atoms with Crippen LogP contribution in [0.15, 0.2) is 6.07 Å². The van der Waals surface area contributed by atoms with Crippen LogP contribution in [0.25, 0.3) is 0 Å². The summed E-state index contributed by atoms with van der Waals surface area (Å²) in [4.78, 5) is 29.9. The highest BCUT2D eigenvalue weighted by molar-refractivity contribution is 6.33. The van der Waals surface area contributed by atoms with Crippen LogP contribution < -0.4 is 15.8 Å². The fraction of sp³-hybridized carbons (Fsp3) is 0.611. The number of likely N-dealkylation sites (tertiary alicyclic amines) is 1. The second-order valence-electron chi connectivity index (χ2n) is 6.48. The number of amides is 1. The summed E-state index contributed by atoms with van der Waals surface area (Å²) >= 11 is 6.00. The van der Waals surface area contributed by atoms with E-state index in [1.165, 1.54) is 20.3 Å². The first kappa shape index (κ1) is 23.1. The molecule has 162 valence electrons. The Balaban J connectivity index is 1.91. The Morgan fingerprint density at radius 3 is 2.79 bits per heavy atom. The number of rotatable bonds is 9. The number of ether oxygens (including phenoxy) is 4. The van der Waals surface area contributed by atoms with Crippen LogP contribution in [0.4, 0.5) is 5.82 Å². The van der Waals surface area contributed by atoms with E-state index in [9.17, 15) is 9.59 Å². The van der Waals surface area contributed by atoms with E-state index >= 15 is 0 Å². The van der Waals surface area contributed by atoms with Gasteiger partial charge in [-0.25, -0.2) is 4.79 Å². The molecule has 1 saturated heterocycles. The molecule has 0 bridgehead atoms. The zero-order valence-corrected chi connectivity index (χ0v) is 17.5. The molecule has 0 radical (unpaired) electrons. The number of piperidine rings is 1. The van der Waals surface area contributed by atoms with Crippen LogP contribution in [0.3, 0.4) is 0 Å². The van der Waals surface area contributed by atoms with Crippen molar-refractivity contribution < 1.29 is 28.5 Å². The number of aromatic nitrogens is 1. The lowest BCUT2D eigenvalue weighted by molar-refractivity contribution is -0.146. The molecule has 0 spiro atoms. The van der Waals surface area contributed by atoms with Gasteiger partial charge in [0, 0.05) is 26.7 Å². The molecule has 29 heavy (non-hydrogen) atoms. The summed E-state index contributed by atoms with van der Waals surface area (Å²) in [6, 6.07) is 1.24. The van der Waals surface area contributed by atoms with Crippen molar-refractivity contribution in [3.8, 4) is 5.88 Å². The Labute approximate surface area is 174 Å². The van der Waals surface area contributed by atoms with Gasteiger partial charge in [0.25, 0.3) is 5.91 Å². The normalized spacial score (nSPS) is 19.6. The van der Waals surface area contributed by atoms with Crippen LogP contribution in [-0.2, 0) is 19.0 Å². The smallest absolute Gasteiger partial charge is 0.331 e. The molecular weight excluding hydrogens is 404 g/mol. The summed E-state index contributed by atoms with van der Waals surface area (Å²) in [6.45, 7) is 2.32. The van der Waals surface area contributed by atoms with Crippen LogP contribution in [0.1, 0.15) is 16.8 Å². The second-order valence-corrected chi connectivity index (χ2v) is 6.89. The van der Waals surface area contributed by atoms with E-state index in [1.807, 2.05) is 0 Å². The number of pyridine rings is 1. The monoisotopic (exact) mass is 430 g/mol. The second kappa shape index (κ2) is 11.1. The molecule has 1 aliphatic heterocycles. The lowest BCUT2D eigenvalue weighted by Crippen LogP contribution is -2.55. The third-order valence-corrected chi connectivity index (χ3v) is 4.97. The summed E-state index contributed by atoms with van der Waals surface area (Å²) in [5.41, 5.74) is 5.88. The summed E-state index contributed by atoms with van der Waals surface area (Å²) < 4.78 is 20.5. The predicted octanol–water partition coefficient (Wildman–Crippen LogP) is 0.335. The van der Waals surface area contributed by atoms with E-state index < -0.39 is 5.97 Å². The molecule has 1 aromatic rings. The highest BCUT2D eigenvalue weighted by Crippen LogP contribution is 2.25. The van der Waals surface area contributed by atoms with E-state index in [4.69, 9.17) is 31.5 Å². The summed E-state index contributed by atoms with van der Waals surface area (Å²) in [6.07, 6.45) is 0.469. The van der Waals surface area contributed by atoms with Crippen molar-refractivity contribution in [3.05, 3.63) is 16.7 Å². The molecule has 2 heterocycles. The average molecular weight is 431 g/mol. The number of nitrogens with one attached hydrogen (secondary N) is 1. The number of nitrogens with two attached hydrogens (primary N) is 1. The molecule has 1 amide bonds. The molecule has 0 saturated carbocycles. The van der Waals surface area contributed by atoms with Gasteiger partial charge in [0.1, 0.15) is 18.0 Å². The molecule has 2 unspecified atom stereocenters. The van der Waals surface area contributed by atoms with Gasteiger partial charge in [-0.15, -0.1) is 0 Å². The van der Waals surface area contributed by atoms with Gasteiger partial charge in [-0.3, -0.25) is 9.69 Å². The zero-order valence-electron chi connectivity index (χ0n) is 16.8. The Bertz CT molecular complexity index is 720. The van der Waals surface area contributed by atoms with Gasteiger partial charge in [0.15, 0.2) is 0 Å². The van der Waals surface area contributed by atoms with Gasteiger partial charge in [-0.1, -0.05) is 11.6 Å². The van der Waals surface area contributed by atoms with Crippen LogP contribution in [0, 0.1) is 0 Å². The molecule has 1 fully saturated rings. The number of anilines is 1. The van der Waals surface area contributed by atoms with Crippen molar-refractivity contribution in [3.63, 3.8) is 0 Å². The molecule has 0 aliphatic carbocycles. The van der Waals surface area contributed by atoms with E-state index in [-0.39, 0.29) is 46.9 Å². The van der Waals surface area contributed by atoms with Crippen molar-refractivity contribution in [2.45, 2.75) is 18.6 Å². The Hall–Kier alpha value is -2.14. The van der Waals surface area contributed by atoms with E-state index in [2.05, 4.69) is 19.9 Å². The van der Waals surface area contributed by atoms with E-state index in [0.29, 0.717) is 26.1 Å². The Morgan fingerprint density at radius 1 is 1.38 bits per heavy atom. The van der Waals surface area contributed by atoms with Gasteiger partial charge in [-0.2, -0.15) is 4.98 Å². The molecule has 2 rings (SSSR count). The maximum Gasteiger partial charge on any atom is 0.331 e. The molecule has 1 aliphatic rings. The molecular formula is C18H27ClN4O6. The van der Waals surface area contributed by atoms with Crippen molar-refractivity contribution >= 4 is 29.3 Å². The number of carbonyl (C=O) groups is 2. The van der Waals surface area contributed by atoms with Gasteiger partial charge < -0.3 is 30.0 Å². The lowest BCUT2D eigenvalue weighted by atomic mass is 10.0. The largest absolute Gasteiger partial charge is 0.480 e. The first-order chi connectivity index (χ1) is 13.9. The Morgan fingerprint density at radius 2 is 2.14 bits per heavy atom. The van der Waals surface area contributed by atoms with Gasteiger partial charge in [-0.05, 0) is 12.5 Å². The van der Waals surface area contributed by atoms with Crippen LogP contribution in [0.5, 0.6) is 5.88 Å². The number of methoxy groups -OCH3 is 3. The fourth-order valence-corrected chi connectivity index (χ4v) is 3.20. The van der Waals surface area contributed by atoms with E-state index in [0.717, 1.165) is 6.54 Å². The summed E-state index contributed by atoms with van der Waals surface area (Å²) in [7, 11) is 4.33. The van der Waals surface area contributed by atoms with Crippen LogP contribution in [0.2, 0.25) is 5.02 Å². The molecule has 2 atom stereocenters. The van der Waals surface area contributed by atoms with Gasteiger partial charge in [0.2, 0.25) is 5.88 Å². The first-order valence-electron chi connectivity index (χ1n) is 9.10. The first-order valence-corrected chi connectivity index (χ1v) is 9.48. The fourth-order valence-electron chi connectivity index (χ4n) is 3.05. The zero-order chi connectivity index (χ0) is 21.4. The standard InChI is InChI=1S/C18H27ClN4O6/c1-26-14-9-23(6-7-29-10-15(24)27-2)5-4-13(14)21-17(25)11-8-12(19)16(20)22-18(11)28-3/h8,13-14H,4-7,9-10H2,1-3H3,(H2,20,22)(H,21,25). The predicted molar refractivity (Wildman–Crippen MR) is 106 cm³/mol. The van der Waals surface area contributed by atoms with Crippen molar-refractivity contribution in [1.82, 2.24) is 15.2 Å². The summed E-state index contributed by atoms with van der Waals surface area (Å²) in [5.74, 6) is -0.567. The number of hydrogen-bond acceptors (Lipinski definition) is 9. The minimum absolute atomic E-state index is 0.0727. The van der Waals surface area contributed by atoms with Gasteiger partial charge >= 0.3 is 5.97 Å². The molecule has 0 aromatic carbocycles. The van der Waals surface area contributed by atoms with Gasteiger partial charge in [0.05, 0.1) is 38.0 Å². The van der Waals surface area contributed by atoms with Crippen molar-refractivity contribution in [2.75, 3.05) is 59.9 Å². The third-order valence-electron chi connectivity index (χ3n) is 4.67. The number of hydrogen-bond donors (Lipinski definition) is 2. The SMILES string of the molecule is COC(=O)COCCN1CCC(NC(=O)c2cc(Cl)c(N)nc2OC)C(OC)C1. The molecule has 11 heteroatoms. The lowest BCUT2D eigenvalue weighted by Gasteiger charge is -2.38. The maximum atomic E-state index is 12.7. The maximum absolute atomic E-state index is 12.7. The number of esters is 1. The number of nitrogen functional groups attached to an aromatic ring is 1. The number of nitrogens with zero attached hydrogens (tertiary/aromatic N) is 2. The molecule has 3 N–H and O–H groups in total. The highest BCUT2D eigenvalue weighted by Gasteiger charge is 2.31. The topological polar surface area (TPSA) is 125 Å². The molecule has 10 nitrogen and oxygen atoms in total. The minimum Gasteiger partial charge on any atom is -0.480 e. The third kappa shape index (κ3) is 6.43. The number of halogens is 1.